The third kappa shape index (κ3) is 3.36. The number of aromatic nitrogens is 4. The molecule has 1 amide bonds. The van der Waals surface area contributed by atoms with Crippen molar-refractivity contribution in [3.05, 3.63) is 59.2 Å². The van der Waals surface area contributed by atoms with Crippen molar-refractivity contribution in [1.29, 1.82) is 0 Å². The van der Waals surface area contributed by atoms with Crippen molar-refractivity contribution in [2.45, 2.75) is 0 Å². The molecule has 6 nitrogen and oxygen atoms in total. The molecule has 0 aliphatic rings. The lowest BCUT2D eigenvalue weighted by molar-refractivity contribution is 0.101. The fraction of sp³-hybridized carbons (Fsp3) is 0.0588. The van der Waals surface area contributed by atoms with E-state index in [2.05, 4.69) is 20.4 Å². The molecule has 27 heavy (non-hydrogen) atoms. The largest absolute Gasteiger partial charge is 0.298 e. The second kappa shape index (κ2) is 6.97. The molecule has 1 aromatic carbocycles. The van der Waals surface area contributed by atoms with E-state index in [-0.39, 0.29) is 5.13 Å². The summed E-state index contributed by atoms with van der Waals surface area (Å²) in [6.07, 6.45) is 3.27. The molecule has 0 fully saturated rings. The molecule has 0 aliphatic heterocycles. The van der Waals surface area contributed by atoms with Crippen molar-refractivity contribution in [2.75, 3.05) is 5.32 Å². The first-order valence-electron chi connectivity index (χ1n) is 7.68. The van der Waals surface area contributed by atoms with E-state index >= 15 is 0 Å². The van der Waals surface area contributed by atoms with Gasteiger partial charge >= 0.3 is 0 Å². The van der Waals surface area contributed by atoms with Gasteiger partial charge < -0.3 is 0 Å². The summed E-state index contributed by atoms with van der Waals surface area (Å²) in [6.45, 7) is 0. The van der Waals surface area contributed by atoms with Crippen LogP contribution in [-0.4, -0.2) is 25.7 Å². The van der Waals surface area contributed by atoms with Crippen LogP contribution < -0.4 is 5.32 Å². The van der Waals surface area contributed by atoms with Crippen LogP contribution >= 0.6 is 22.7 Å². The summed E-state index contributed by atoms with van der Waals surface area (Å²) >= 11 is 2.66. The van der Waals surface area contributed by atoms with Gasteiger partial charge in [-0.3, -0.25) is 14.8 Å². The summed E-state index contributed by atoms with van der Waals surface area (Å²) < 4.78 is 29.1. The summed E-state index contributed by atoms with van der Waals surface area (Å²) in [4.78, 5) is 21.3. The molecule has 136 valence electrons. The highest BCUT2D eigenvalue weighted by Gasteiger charge is 2.19. The van der Waals surface area contributed by atoms with Crippen LogP contribution in [0.3, 0.4) is 0 Å². The molecule has 0 saturated carbocycles. The minimum Gasteiger partial charge on any atom is -0.298 e. The maximum Gasteiger partial charge on any atom is 0.263 e. The highest BCUT2D eigenvalue weighted by molar-refractivity contribution is 7.19. The maximum atomic E-state index is 13.7. The smallest absolute Gasteiger partial charge is 0.263 e. The van der Waals surface area contributed by atoms with E-state index in [1.807, 2.05) is 11.4 Å². The predicted octanol–water partition coefficient (Wildman–Crippen LogP) is 4.20. The van der Waals surface area contributed by atoms with Crippen molar-refractivity contribution >= 4 is 33.7 Å². The Morgan fingerprint density at radius 3 is 2.70 bits per heavy atom. The molecule has 0 spiro atoms. The molecule has 0 saturated heterocycles. The highest BCUT2D eigenvalue weighted by Crippen LogP contribution is 2.32. The molecule has 1 N–H and O–H groups in total. The third-order valence-corrected chi connectivity index (χ3v) is 5.43. The number of aryl methyl sites for hydroxylation is 1. The minimum absolute atomic E-state index is 0.231. The van der Waals surface area contributed by atoms with Crippen LogP contribution in [0.1, 0.15) is 10.4 Å². The number of benzene rings is 1. The SMILES string of the molecule is Cn1nc(-c2nccs2)cc1-c1cnc(NC(=O)c2c(F)cccc2F)s1. The first kappa shape index (κ1) is 17.4. The molecule has 3 aromatic heterocycles. The van der Waals surface area contributed by atoms with Gasteiger partial charge in [0.15, 0.2) is 5.13 Å². The van der Waals surface area contributed by atoms with Gasteiger partial charge in [-0.2, -0.15) is 5.10 Å². The van der Waals surface area contributed by atoms with E-state index in [9.17, 15) is 13.6 Å². The van der Waals surface area contributed by atoms with Gasteiger partial charge in [-0.1, -0.05) is 17.4 Å². The average molecular weight is 403 g/mol. The van der Waals surface area contributed by atoms with Gasteiger partial charge in [-0.15, -0.1) is 11.3 Å². The Morgan fingerprint density at radius 1 is 1.22 bits per heavy atom. The third-order valence-electron chi connectivity index (χ3n) is 3.70. The van der Waals surface area contributed by atoms with Crippen LogP contribution in [0.5, 0.6) is 0 Å². The summed E-state index contributed by atoms with van der Waals surface area (Å²) in [5.41, 5.74) is 0.881. The van der Waals surface area contributed by atoms with Gasteiger partial charge in [0.2, 0.25) is 0 Å². The monoisotopic (exact) mass is 403 g/mol. The summed E-state index contributed by atoms with van der Waals surface area (Å²) in [5, 5.41) is 9.75. The topological polar surface area (TPSA) is 72.7 Å². The minimum atomic E-state index is -0.927. The van der Waals surface area contributed by atoms with Gasteiger partial charge in [0.25, 0.3) is 5.91 Å². The Hall–Kier alpha value is -2.98. The Balaban J connectivity index is 1.58. The number of nitrogens with zero attached hydrogens (tertiary/aromatic N) is 4. The lowest BCUT2D eigenvalue weighted by Crippen LogP contribution is -2.15. The zero-order chi connectivity index (χ0) is 19.0. The Bertz CT molecular complexity index is 1100. The first-order chi connectivity index (χ1) is 13.0. The molecule has 4 aromatic rings. The second-order valence-corrected chi connectivity index (χ2v) is 7.38. The molecular formula is C17H11F2N5OS2. The van der Waals surface area contributed by atoms with Crippen molar-refractivity contribution in [1.82, 2.24) is 19.7 Å². The van der Waals surface area contributed by atoms with Crippen molar-refractivity contribution in [3.63, 3.8) is 0 Å². The van der Waals surface area contributed by atoms with E-state index in [0.717, 1.165) is 33.4 Å². The molecule has 0 bridgehead atoms. The summed E-state index contributed by atoms with van der Waals surface area (Å²) in [6, 6.07) is 5.13. The second-order valence-electron chi connectivity index (χ2n) is 5.46. The molecule has 0 unspecified atom stereocenters. The molecular weight excluding hydrogens is 392 g/mol. The number of hydrogen-bond acceptors (Lipinski definition) is 6. The number of nitrogens with one attached hydrogen (secondary N) is 1. The van der Waals surface area contributed by atoms with Gasteiger partial charge in [0.1, 0.15) is 27.9 Å². The Morgan fingerprint density at radius 2 is 2.00 bits per heavy atom. The summed E-state index contributed by atoms with van der Waals surface area (Å²) in [7, 11) is 1.79. The number of amides is 1. The van der Waals surface area contributed by atoms with Crippen LogP contribution in [0, 0.1) is 11.6 Å². The molecule has 0 atom stereocenters. The summed E-state index contributed by atoms with van der Waals surface area (Å²) in [5.74, 6) is -2.74. The normalized spacial score (nSPS) is 10.9. The fourth-order valence-electron chi connectivity index (χ4n) is 2.48. The molecule has 3 heterocycles. The van der Waals surface area contributed by atoms with Gasteiger partial charge in [0.05, 0.1) is 10.6 Å². The van der Waals surface area contributed by atoms with Crippen LogP contribution in [0.4, 0.5) is 13.9 Å². The maximum absolute atomic E-state index is 13.7. The number of carbonyl (C=O) groups is 1. The number of carbonyl (C=O) groups excluding carboxylic acids is 1. The number of anilines is 1. The van der Waals surface area contributed by atoms with Crippen molar-refractivity contribution in [3.8, 4) is 21.3 Å². The average Bonchev–Trinajstić information content (AvgIpc) is 3.35. The van der Waals surface area contributed by atoms with Crippen molar-refractivity contribution in [2.24, 2.45) is 7.05 Å². The standard InChI is InChI=1S/C17H11F2N5OS2/c1-24-12(7-11(23-24)16-20-5-6-26-16)13-8-21-17(27-13)22-15(25)14-9(18)3-2-4-10(14)19/h2-8H,1H3,(H,21,22,25). The van der Waals surface area contributed by atoms with E-state index in [1.165, 1.54) is 28.7 Å². The van der Waals surface area contributed by atoms with E-state index in [4.69, 9.17) is 0 Å². The number of thiazole rings is 2. The van der Waals surface area contributed by atoms with Crippen LogP contribution in [-0.2, 0) is 7.05 Å². The first-order valence-corrected chi connectivity index (χ1v) is 9.38. The Labute approximate surface area is 160 Å². The fourth-order valence-corrected chi connectivity index (χ4v) is 3.93. The zero-order valence-corrected chi connectivity index (χ0v) is 15.4. The Kier molecular flexibility index (Phi) is 4.50. The van der Waals surface area contributed by atoms with Gasteiger partial charge in [-0.25, -0.2) is 18.7 Å². The molecule has 0 aliphatic carbocycles. The van der Waals surface area contributed by atoms with Gasteiger partial charge in [-0.05, 0) is 18.2 Å². The predicted molar refractivity (Wildman–Crippen MR) is 99.7 cm³/mol. The molecule has 0 radical (unpaired) electrons. The van der Waals surface area contributed by atoms with Crippen molar-refractivity contribution < 1.29 is 13.6 Å². The quantitative estimate of drug-likeness (QED) is 0.554. The zero-order valence-electron chi connectivity index (χ0n) is 13.8. The number of rotatable bonds is 4. The van der Waals surface area contributed by atoms with E-state index in [0.29, 0.717) is 0 Å². The van der Waals surface area contributed by atoms with E-state index in [1.54, 1.807) is 24.1 Å². The van der Waals surface area contributed by atoms with Crippen LogP contribution in [0.2, 0.25) is 0 Å². The van der Waals surface area contributed by atoms with Crippen LogP contribution in [0.25, 0.3) is 21.3 Å². The lowest BCUT2D eigenvalue weighted by Gasteiger charge is -2.04. The lowest BCUT2D eigenvalue weighted by atomic mass is 10.2. The van der Waals surface area contributed by atoms with Gasteiger partial charge in [0, 0.05) is 24.8 Å². The molecule has 4 rings (SSSR count). The molecule has 10 heteroatoms. The highest BCUT2D eigenvalue weighted by atomic mass is 32.1. The number of hydrogen-bond donors (Lipinski definition) is 1. The number of halogens is 2. The van der Waals surface area contributed by atoms with E-state index < -0.39 is 23.1 Å². The van der Waals surface area contributed by atoms with Crippen LogP contribution in [0.15, 0.2) is 42.0 Å².